The molecule has 0 saturated heterocycles. The van der Waals surface area contributed by atoms with E-state index in [9.17, 15) is 46.5 Å². The van der Waals surface area contributed by atoms with E-state index in [2.05, 4.69) is 5.10 Å². The van der Waals surface area contributed by atoms with Gasteiger partial charge in [-0.2, -0.15) is 31.4 Å². The van der Waals surface area contributed by atoms with E-state index >= 15 is 0 Å². The van der Waals surface area contributed by atoms with Gasteiger partial charge in [0.25, 0.3) is 0 Å². The topological polar surface area (TPSA) is 134 Å². The van der Waals surface area contributed by atoms with Crippen LogP contribution in [0.1, 0.15) is 16.8 Å². The number of nitrogens with zero attached hydrogens (tertiary/aromatic N) is 2. The van der Waals surface area contributed by atoms with E-state index in [0.717, 1.165) is 29.9 Å². The van der Waals surface area contributed by atoms with Gasteiger partial charge in [0.05, 0.1) is 28.5 Å². The molecule has 0 amide bonds. The van der Waals surface area contributed by atoms with Gasteiger partial charge in [-0.05, 0) is 53.6 Å². The molecular weight excluding hydrogens is 685 g/mol. The summed E-state index contributed by atoms with van der Waals surface area (Å²) < 4.78 is 94.7. The minimum atomic E-state index is -4.98. The molecule has 0 aliphatic heterocycles. The van der Waals surface area contributed by atoms with Gasteiger partial charge in [-0.1, -0.05) is 41.4 Å². The van der Waals surface area contributed by atoms with Crippen LogP contribution in [-0.2, 0) is 30.8 Å². The Kier molecular flexibility index (Phi) is 10.8. The van der Waals surface area contributed by atoms with Gasteiger partial charge in [0.2, 0.25) is 0 Å². The zero-order chi connectivity index (χ0) is 34.8. The first-order chi connectivity index (χ1) is 21.9. The highest BCUT2D eigenvalue weighted by atomic mass is 35.5. The molecule has 17 heteroatoms. The Labute approximate surface area is 272 Å². The molecule has 1 aromatic heterocycles. The predicted molar refractivity (Wildman–Crippen MR) is 156 cm³/mol. The molecule has 4 aromatic rings. The van der Waals surface area contributed by atoms with Crippen LogP contribution in [0.15, 0.2) is 60.7 Å². The number of hydrogen-bond donors (Lipinski definition) is 4. The van der Waals surface area contributed by atoms with Gasteiger partial charge in [-0.25, -0.2) is 4.79 Å². The monoisotopic (exact) mass is 708 g/mol. The number of aliphatic hydroxyl groups excluding tert-OH is 4. The third-order valence-electron chi connectivity index (χ3n) is 6.78. The zero-order valence-electron chi connectivity index (χ0n) is 23.9. The summed E-state index contributed by atoms with van der Waals surface area (Å²) in [5.41, 5.74) is -3.53. The first-order valence-electron chi connectivity index (χ1n) is 13.3. The number of aryl methyl sites for hydroxylation is 1. The summed E-state index contributed by atoms with van der Waals surface area (Å²) in [4.78, 5) is 13.1. The van der Waals surface area contributed by atoms with Gasteiger partial charge in [-0.15, -0.1) is 0 Å². The van der Waals surface area contributed by atoms with E-state index in [-0.39, 0.29) is 29.2 Å². The number of carbonyl (C=O) groups excluding carboxylic acids is 1. The average molecular weight is 709 g/mol. The Morgan fingerprint density at radius 1 is 0.936 bits per heavy atom. The molecule has 0 saturated carbocycles. The van der Waals surface area contributed by atoms with Crippen molar-refractivity contribution in [1.82, 2.24) is 9.78 Å². The predicted octanol–water partition coefficient (Wildman–Crippen LogP) is 5.66. The van der Waals surface area contributed by atoms with E-state index in [1.807, 2.05) is 0 Å². The largest absolute Gasteiger partial charge is 0.488 e. The highest BCUT2D eigenvalue weighted by Gasteiger charge is 2.38. The molecule has 0 aliphatic rings. The van der Waals surface area contributed by atoms with Crippen LogP contribution in [0.4, 0.5) is 26.3 Å². The maximum Gasteiger partial charge on any atom is 0.435 e. The summed E-state index contributed by atoms with van der Waals surface area (Å²) in [6.45, 7) is -1.30. The van der Waals surface area contributed by atoms with Gasteiger partial charge >= 0.3 is 18.3 Å². The molecule has 0 fully saturated rings. The molecule has 1 heterocycles. The molecule has 3 unspecified atom stereocenters. The average Bonchev–Trinajstić information content (AvgIpc) is 3.41. The molecule has 0 spiro atoms. The zero-order valence-corrected chi connectivity index (χ0v) is 25.4. The van der Waals surface area contributed by atoms with E-state index in [0.29, 0.717) is 22.7 Å². The van der Waals surface area contributed by atoms with Crippen LogP contribution in [0.3, 0.4) is 0 Å². The Morgan fingerprint density at radius 3 is 2.17 bits per heavy atom. The number of carbonyl (C=O) groups is 1. The molecule has 47 heavy (non-hydrogen) atoms. The lowest BCUT2D eigenvalue weighted by Crippen LogP contribution is -2.45. The minimum absolute atomic E-state index is 0.218. The minimum Gasteiger partial charge on any atom is -0.488 e. The number of hydrogen-bond acceptors (Lipinski definition) is 8. The maximum atomic E-state index is 13.9. The van der Waals surface area contributed by atoms with Crippen molar-refractivity contribution >= 4 is 29.2 Å². The standard InChI is InChI=1S/C30H24Cl2F6N2O7/c1-40-20(11-23(39-40)30(36,37)38)17-7-9-22(46-13-14-2-5-16(31)6-3-14)24(15-4-8-19(32)18(10-15)29(33,34)35)27(17)47-28(45)26(44)25(43)21(42)12-41/h2-11,21,25-26,41-44H,12-13H2,1H3. The second-order valence-corrected chi connectivity index (χ2v) is 10.9. The number of ether oxygens (including phenoxy) is 2. The van der Waals surface area contributed by atoms with Crippen LogP contribution in [0.25, 0.3) is 22.4 Å². The van der Waals surface area contributed by atoms with Crippen molar-refractivity contribution < 1.29 is 61.0 Å². The third-order valence-corrected chi connectivity index (χ3v) is 7.36. The molecule has 4 rings (SSSR count). The van der Waals surface area contributed by atoms with Gasteiger partial charge in [0.15, 0.2) is 17.5 Å². The fourth-order valence-electron chi connectivity index (χ4n) is 4.38. The lowest BCUT2D eigenvalue weighted by molar-refractivity contribution is -0.156. The number of benzene rings is 3. The molecule has 0 bridgehead atoms. The Hall–Kier alpha value is -3.86. The van der Waals surface area contributed by atoms with E-state index < -0.39 is 70.8 Å². The van der Waals surface area contributed by atoms with Gasteiger partial charge in [-0.3, -0.25) is 4.68 Å². The van der Waals surface area contributed by atoms with Crippen LogP contribution in [0, 0.1) is 0 Å². The molecule has 4 N–H and O–H groups in total. The van der Waals surface area contributed by atoms with Crippen molar-refractivity contribution in [2.24, 2.45) is 7.05 Å². The summed E-state index contributed by atoms with van der Waals surface area (Å²) in [5, 5.41) is 42.5. The van der Waals surface area contributed by atoms with Crippen molar-refractivity contribution in [2.45, 2.75) is 37.3 Å². The Morgan fingerprint density at radius 2 is 1.60 bits per heavy atom. The maximum absolute atomic E-state index is 13.9. The number of aromatic nitrogens is 2. The number of rotatable bonds is 10. The summed E-state index contributed by atoms with van der Waals surface area (Å²) in [5.74, 6) is -2.63. The van der Waals surface area contributed by atoms with Crippen LogP contribution in [-0.4, -0.2) is 61.1 Å². The first-order valence-corrected chi connectivity index (χ1v) is 14.1. The van der Waals surface area contributed by atoms with Gasteiger partial charge < -0.3 is 29.9 Å². The normalized spacial score (nSPS) is 14.1. The van der Waals surface area contributed by atoms with Crippen LogP contribution in [0.2, 0.25) is 10.0 Å². The van der Waals surface area contributed by atoms with E-state index in [1.54, 1.807) is 24.3 Å². The molecule has 3 atom stereocenters. The van der Waals surface area contributed by atoms with Crippen molar-refractivity contribution in [3.8, 4) is 33.9 Å². The van der Waals surface area contributed by atoms with E-state index in [1.165, 1.54) is 6.07 Å². The summed E-state index contributed by atoms with van der Waals surface area (Å²) in [7, 11) is 1.13. The highest BCUT2D eigenvalue weighted by Crippen LogP contribution is 2.48. The number of esters is 1. The number of aliphatic hydroxyl groups is 4. The van der Waals surface area contributed by atoms with Crippen molar-refractivity contribution in [3.05, 3.63) is 87.5 Å². The fraction of sp³-hybridized carbons (Fsp3) is 0.267. The molecule has 9 nitrogen and oxygen atoms in total. The third kappa shape index (κ3) is 8.17. The van der Waals surface area contributed by atoms with Crippen molar-refractivity contribution in [3.63, 3.8) is 0 Å². The highest BCUT2D eigenvalue weighted by molar-refractivity contribution is 6.31. The summed E-state index contributed by atoms with van der Waals surface area (Å²) in [6, 6.07) is 11.8. The van der Waals surface area contributed by atoms with Crippen LogP contribution in [0.5, 0.6) is 11.5 Å². The first kappa shape index (κ1) is 36.0. The number of halogens is 8. The van der Waals surface area contributed by atoms with Gasteiger partial charge in [0.1, 0.15) is 24.6 Å². The molecular formula is C30H24Cl2F6N2O7. The number of alkyl halides is 6. The van der Waals surface area contributed by atoms with Crippen molar-refractivity contribution in [1.29, 1.82) is 0 Å². The fourth-order valence-corrected chi connectivity index (χ4v) is 4.73. The smallest absolute Gasteiger partial charge is 0.435 e. The summed E-state index contributed by atoms with van der Waals surface area (Å²) >= 11 is 11.8. The Bertz CT molecular complexity index is 1750. The van der Waals surface area contributed by atoms with E-state index in [4.69, 9.17) is 37.8 Å². The molecule has 0 radical (unpaired) electrons. The Balaban J connectivity index is 2.00. The molecule has 3 aromatic carbocycles. The molecule has 0 aliphatic carbocycles. The van der Waals surface area contributed by atoms with Gasteiger partial charge in [0, 0.05) is 17.6 Å². The van der Waals surface area contributed by atoms with Crippen molar-refractivity contribution in [2.75, 3.05) is 6.61 Å². The second-order valence-electron chi connectivity index (χ2n) is 10.1. The lowest BCUT2D eigenvalue weighted by atomic mass is 9.96. The van der Waals surface area contributed by atoms with Crippen LogP contribution < -0.4 is 9.47 Å². The van der Waals surface area contributed by atoms with Crippen LogP contribution >= 0.6 is 23.2 Å². The SMILES string of the molecule is Cn1nc(C(F)(F)F)cc1-c1ccc(OCc2ccc(Cl)cc2)c(-c2ccc(Cl)c(C(F)(F)F)c2)c1OC(=O)C(O)C(O)C(O)CO. The lowest BCUT2D eigenvalue weighted by Gasteiger charge is -2.23. The quantitative estimate of drug-likeness (QED) is 0.0943. The summed E-state index contributed by atoms with van der Waals surface area (Å²) in [6.07, 6.45) is -16.8. The molecule has 252 valence electrons. The second kappa shape index (κ2) is 14.1.